The zero-order valence-corrected chi connectivity index (χ0v) is 14.6. The van der Waals surface area contributed by atoms with E-state index in [4.69, 9.17) is 0 Å². The van der Waals surface area contributed by atoms with Crippen molar-refractivity contribution in [2.45, 2.75) is 19.6 Å². The fourth-order valence-corrected chi connectivity index (χ4v) is 2.83. The highest BCUT2D eigenvalue weighted by atomic mass is 19.1. The van der Waals surface area contributed by atoms with Crippen LogP contribution in [0.2, 0.25) is 0 Å². The molecule has 0 amide bonds. The largest absolute Gasteiger partial charge is 0.465 e. The number of fused-ring (bicyclic) bond motifs is 1. The minimum absolute atomic E-state index is 0.121. The summed E-state index contributed by atoms with van der Waals surface area (Å²) in [6.07, 6.45) is -1.37. The molecular weight excluding hydrogens is 358 g/mol. The van der Waals surface area contributed by atoms with E-state index < -0.39 is 29.3 Å². The quantitative estimate of drug-likeness (QED) is 0.710. The molecule has 1 heterocycles. The molecule has 0 aliphatic carbocycles. The number of aliphatic hydroxyl groups is 1. The highest BCUT2D eigenvalue weighted by Crippen LogP contribution is 2.20. The highest BCUT2D eigenvalue weighted by molar-refractivity contribution is 5.94. The van der Waals surface area contributed by atoms with Gasteiger partial charge < -0.3 is 9.84 Å². The summed E-state index contributed by atoms with van der Waals surface area (Å²) < 4.78 is 32.7. The van der Waals surface area contributed by atoms with Crippen molar-refractivity contribution >= 4 is 16.9 Å². The van der Waals surface area contributed by atoms with Crippen molar-refractivity contribution in [1.29, 1.82) is 0 Å². The molecule has 6 nitrogen and oxygen atoms in total. The lowest BCUT2D eigenvalue weighted by atomic mass is 10.1. The number of hydrogen-bond donors (Lipinski definition) is 1. The zero-order chi connectivity index (χ0) is 19.7. The second-order valence-electron chi connectivity index (χ2n) is 5.98. The van der Waals surface area contributed by atoms with Gasteiger partial charge >= 0.3 is 5.97 Å². The Morgan fingerprint density at radius 2 is 2.00 bits per heavy atom. The molecule has 0 fully saturated rings. The van der Waals surface area contributed by atoms with Gasteiger partial charge in [0.15, 0.2) is 0 Å². The van der Waals surface area contributed by atoms with Gasteiger partial charge in [-0.2, -0.15) is 0 Å². The van der Waals surface area contributed by atoms with E-state index in [9.17, 15) is 23.5 Å². The van der Waals surface area contributed by atoms with Gasteiger partial charge in [-0.3, -0.25) is 9.36 Å². The summed E-state index contributed by atoms with van der Waals surface area (Å²) in [6.45, 7) is 1.30. The summed E-state index contributed by atoms with van der Waals surface area (Å²) in [5.41, 5.74) is -0.0131. The fourth-order valence-electron chi connectivity index (χ4n) is 2.83. The summed E-state index contributed by atoms with van der Waals surface area (Å²) in [5.74, 6) is -1.94. The van der Waals surface area contributed by atoms with Crippen LogP contribution in [-0.4, -0.2) is 27.7 Å². The van der Waals surface area contributed by atoms with Crippen molar-refractivity contribution < 1.29 is 23.4 Å². The average Bonchev–Trinajstić information content (AvgIpc) is 2.63. The second-order valence-corrected chi connectivity index (χ2v) is 5.98. The number of aryl methyl sites for hydroxylation is 1. The Kier molecular flexibility index (Phi) is 5.00. The number of esters is 1. The molecule has 0 saturated heterocycles. The predicted octanol–water partition coefficient (Wildman–Crippen LogP) is 2.50. The molecule has 0 aliphatic rings. The van der Waals surface area contributed by atoms with Gasteiger partial charge in [0.05, 0.1) is 36.2 Å². The third-order valence-corrected chi connectivity index (χ3v) is 4.24. The lowest BCUT2D eigenvalue weighted by Gasteiger charge is -2.16. The summed E-state index contributed by atoms with van der Waals surface area (Å²) >= 11 is 0. The first kappa shape index (κ1) is 18.7. The predicted molar refractivity (Wildman–Crippen MR) is 93.4 cm³/mol. The SMILES string of the molecule is COC(=O)c1ccc2c(=O)n(CC(O)c3ccc(F)cc3F)c(C)nc2c1. The van der Waals surface area contributed by atoms with Gasteiger partial charge in [0.1, 0.15) is 17.5 Å². The van der Waals surface area contributed by atoms with Gasteiger partial charge in [0.2, 0.25) is 0 Å². The lowest BCUT2D eigenvalue weighted by Crippen LogP contribution is -2.27. The zero-order valence-electron chi connectivity index (χ0n) is 14.6. The van der Waals surface area contributed by atoms with Crippen molar-refractivity contribution in [2.75, 3.05) is 7.11 Å². The van der Waals surface area contributed by atoms with E-state index in [-0.39, 0.29) is 28.9 Å². The van der Waals surface area contributed by atoms with Crippen molar-refractivity contribution in [3.8, 4) is 0 Å². The van der Waals surface area contributed by atoms with Crippen molar-refractivity contribution in [1.82, 2.24) is 9.55 Å². The minimum Gasteiger partial charge on any atom is -0.465 e. The van der Waals surface area contributed by atoms with Gasteiger partial charge in [0.25, 0.3) is 5.56 Å². The molecule has 0 radical (unpaired) electrons. The topological polar surface area (TPSA) is 81.4 Å². The third-order valence-electron chi connectivity index (χ3n) is 4.24. The number of hydrogen-bond acceptors (Lipinski definition) is 5. The van der Waals surface area contributed by atoms with Gasteiger partial charge in [-0.15, -0.1) is 0 Å². The van der Waals surface area contributed by atoms with Gasteiger partial charge in [-0.1, -0.05) is 6.07 Å². The summed E-state index contributed by atoms with van der Waals surface area (Å²) in [5, 5.41) is 10.5. The van der Waals surface area contributed by atoms with Crippen molar-refractivity contribution in [3.05, 3.63) is 75.3 Å². The molecule has 1 aromatic heterocycles. The van der Waals surface area contributed by atoms with Crippen LogP contribution in [0.3, 0.4) is 0 Å². The fraction of sp³-hybridized carbons (Fsp3) is 0.211. The molecule has 1 atom stereocenters. The van der Waals surface area contributed by atoms with Gasteiger partial charge in [-0.05, 0) is 31.2 Å². The lowest BCUT2D eigenvalue weighted by molar-refractivity contribution is 0.0601. The van der Waals surface area contributed by atoms with E-state index in [1.807, 2.05) is 0 Å². The summed E-state index contributed by atoms with van der Waals surface area (Å²) in [7, 11) is 1.25. The summed E-state index contributed by atoms with van der Waals surface area (Å²) in [6, 6.07) is 7.15. The molecule has 2 aromatic carbocycles. The number of rotatable bonds is 4. The standard InChI is InChI=1S/C19H16F2N2O4/c1-10-22-16-7-11(19(26)27-2)3-5-14(16)18(25)23(10)9-17(24)13-6-4-12(20)8-15(13)21/h3-8,17,24H,9H2,1-2H3. The van der Waals surface area contributed by atoms with E-state index in [1.165, 1.54) is 29.9 Å². The minimum atomic E-state index is -1.37. The number of carbonyl (C=O) groups is 1. The Morgan fingerprint density at radius 3 is 2.67 bits per heavy atom. The van der Waals surface area contributed by atoms with Gasteiger partial charge in [-0.25, -0.2) is 18.6 Å². The molecule has 1 unspecified atom stereocenters. The molecule has 0 aliphatic heterocycles. The molecule has 140 valence electrons. The molecule has 0 bridgehead atoms. The van der Waals surface area contributed by atoms with E-state index in [0.717, 1.165) is 12.1 Å². The van der Waals surface area contributed by atoms with Crippen LogP contribution in [0.15, 0.2) is 41.2 Å². The Balaban J connectivity index is 2.02. The smallest absolute Gasteiger partial charge is 0.337 e. The van der Waals surface area contributed by atoms with Crippen LogP contribution in [0.5, 0.6) is 0 Å². The molecule has 8 heteroatoms. The molecule has 0 saturated carbocycles. The van der Waals surface area contributed by atoms with Crippen LogP contribution in [0.25, 0.3) is 10.9 Å². The Morgan fingerprint density at radius 1 is 1.26 bits per heavy atom. The summed E-state index contributed by atoms with van der Waals surface area (Å²) in [4.78, 5) is 28.7. The van der Waals surface area contributed by atoms with E-state index in [1.54, 1.807) is 6.92 Å². The molecular formula is C19H16F2N2O4. The molecule has 0 spiro atoms. The number of halogens is 2. The number of nitrogens with zero attached hydrogens (tertiary/aromatic N) is 2. The average molecular weight is 374 g/mol. The number of aromatic nitrogens is 2. The monoisotopic (exact) mass is 374 g/mol. The van der Waals surface area contributed by atoms with Gasteiger partial charge in [0, 0.05) is 11.6 Å². The van der Waals surface area contributed by atoms with E-state index in [0.29, 0.717) is 11.6 Å². The second kappa shape index (κ2) is 7.24. The maximum atomic E-state index is 13.9. The van der Waals surface area contributed by atoms with Crippen LogP contribution < -0.4 is 5.56 Å². The van der Waals surface area contributed by atoms with Crippen LogP contribution in [-0.2, 0) is 11.3 Å². The third kappa shape index (κ3) is 3.56. The first-order chi connectivity index (χ1) is 12.8. The van der Waals surface area contributed by atoms with Crippen molar-refractivity contribution in [2.24, 2.45) is 0 Å². The number of benzene rings is 2. The maximum absolute atomic E-state index is 13.9. The Labute approximate surface area is 152 Å². The Bertz CT molecular complexity index is 1090. The number of carbonyl (C=O) groups excluding carboxylic acids is 1. The first-order valence-electron chi connectivity index (χ1n) is 8.04. The highest BCUT2D eigenvalue weighted by Gasteiger charge is 2.18. The van der Waals surface area contributed by atoms with Crippen LogP contribution in [0, 0.1) is 18.6 Å². The number of methoxy groups -OCH3 is 1. The van der Waals surface area contributed by atoms with E-state index in [2.05, 4.69) is 9.72 Å². The Hall–Kier alpha value is -3.13. The molecule has 3 aromatic rings. The maximum Gasteiger partial charge on any atom is 0.337 e. The normalized spacial score (nSPS) is 12.2. The van der Waals surface area contributed by atoms with Crippen molar-refractivity contribution in [3.63, 3.8) is 0 Å². The van der Waals surface area contributed by atoms with Crippen LogP contribution in [0.4, 0.5) is 8.78 Å². The molecule has 1 N–H and O–H groups in total. The van der Waals surface area contributed by atoms with Crippen LogP contribution in [0.1, 0.15) is 27.8 Å². The van der Waals surface area contributed by atoms with Crippen LogP contribution >= 0.6 is 0 Å². The first-order valence-corrected chi connectivity index (χ1v) is 8.04. The number of ether oxygens (including phenoxy) is 1. The molecule has 3 rings (SSSR count). The van der Waals surface area contributed by atoms with E-state index >= 15 is 0 Å². The molecule has 27 heavy (non-hydrogen) atoms. The number of aliphatic hydroxyl groups excluding tert-OH is 1.